The summed E-state index contributed by atoms with van der Waals surface area (Å²) in [5, 5.41) is 0. The van der Waals surface area contributed by atoms with Crippen LogP contribution in [0, 0.1) is 6.92 Å². The van der Waals surface area contributed by atoms with E-state index in [1.165, 1.54) is 16.8 Å². The van der Waals surface area contributed by atoms with Crippen LogP contribution in [0.4, 0.5) is 11.4 Å². The van der Waals surface area contributed by atoms with Crippen molar-refractivity contribution in [1.82, 2.24) is 4.90 Å². The maximum Gasteiger partial charge on any atom is 0.258 e. The van der Waals surface area contributed by atoms with E-state index in [0.29, 0.717) is 6.04 Å². The van der Waals surface area contributed by atoms with Gasteiger partial charge in [0, 0.05) is 50.0 Å². The van der Waals surface area contributed by atoms with E-state index < -0.39 is 0 Å². The van der Waals surface area contributed by atoms with Gasteiger partial charge in [0.1, 0.15) is 5.75 Å². The molecule has 4 rings (SSSR count). The molecule has 2 aromatic carbocycles. The monoisotopic (exact) mass is 407 g/mol. The minimum Gasteiger partial charge on any atom is -0.495 e. The summed E-state index contributed by atoms with van der Waals surface area (Å²) in [4.78, 5) is 20.2. The minimum absolute atomic E-state index is 0.0519. The Kier molecular flexibility index (Phi) is 6.00. The topological polar surface area (TPSA) is 36.0 Å². The number of piperazine rings is 1. The van der Waals surface area contributed by atoms with Crippen molar-refractivity contribution in [2.75, 3.05) is 49.6 Å². The van der Waals surface area contributed by atoms with Crippen molar-refractivity contribution in [2.24, 2.45) is 0 Å². The summed E-state index contributed by atoms with van der Waals surface area (Å²) in [6.45, 7) is 11.6. The third-order valence-electron chi connectivity index (χ3n) is 6.55. The van der Waals surface area contributed by atoms with Crippen LogP contribution in [0.2, 0.25) is 0 Å². The van der Waals surface area contributed by atoms with Gasteiger partial charge >= 0.3 is 0 Å². The second-order valence-electron chi connectivity index (χ2n) is 8.64. The summed E-state index contributed by atoms with van der Waals surface area (Å²) in [5.41, 5.74) is 5.33. The molecule has 2 aliphatic heterocycles. The average molecular weight is 408 g/mol. The zero-order valence-electron chi connectivity index (χ0n) is 18.6. The molecular weight excluding hydrogens is 374 g/mol. The van der Waals surface area contributed by atoms with Crippen LogP contribution in [0.5, 0.6) is 5.75 Å². The molecule has 0 saturated carbocycles. The van der Waals surface area contributed by atoms with E-state index in [-0.39, 0.29) is 5.91 Å². The lowest BCUT2D eigenvalue weighted by atomic mass is 9.95. The number of amides is 1. The molecule has 2 aromatic rings. The Morgan fingerprint density at radius 2 is 1.67 bits per heavy atom. The Bertz CT molecular complexity index is 899. The number of ether oxygens (including phenoxy) is 1. The number of hydrogen-bond acceptors (Lipinski definition) is 4. The molecule has 2 aliphatic rings. The zero-order chi connectivity index (χ0) is 21.3. The van der Waals surface area contributed by atoms with Crippen LogP contribution in [0.1, 0.15) is 41.8 Å². The lowest BCUT2D eigenvalue weighted by Gasteiger charge is -2.38. The molecule has 160 valence electrons. The van der Waals surface area contributed by atoms with Gasteiger partial charge in [0.2, 0.25) is 0 Å². The Labute approximate surface area is 180 Å². The van der Waals surface area contributed by atoms with Gasteiger partial charge in [-0.25, -0.2) is 0 Å². The minimum atomic E-state index is 0.0519. The van der Waals surface area contributed by atoms with Crippen LogP contribution in [0.15, 0.2) is 36.4 Å². The Morgan fingerprint density at radius 3 is 2.30 bits per heavy atom. The Morgan fingerprint density at radius 1 is 0.967 bits per heavy atom. The zero-order valence-corrected chi connectivity index (χ0v) is 18.6. The van der Waals surface area contributed by atoms with Gasteiger partial charge in [-0.2, -0.15) is 0 Å². The highest BCUT2D eigenvalue weighted by Gasteiger charge is 2.28. The highest BCUT2D eigenvalue weighted by Crippen LogP contribution is 2.39. The van der Waals surface area contributed by atoms with Gasteiger partial charge in [0.25, 0.3) is 5.91 Å². The standard InChI is InChI=1S/C25H33N3O2/c1-18(2)26-14-16-27(17-15-26)21-10-8-20(9-11-21)25(29)28-13-5-6-22-19(3)7-12-23(30-4)24(22)28/h7-12,18H,5-6,13-17H2,1-4H3. The number of rotatable bonds is 4. The molecule has 2 heterocycles. The summed E-state index contributed by atoms with van der Waals surface area (Å²) in [5.74, 6) is 0.833. The maximum absolute atomic E-state index is 13.4. The molecule has 0 aromatic heterocycles. The first-order valence-corrected chi connectivity index (χ1v) is 11.1. The lowest BCUT2D eigenvalue weighted by molar-refractivity contribution is 0.0984. The van der Waals surface area contributed by atoms with Gasteiger partial charge < -0.3 is 14.5 Å². The number of methoxy groups -OCH3 is 1. The highest BCUT2D eigenvalue weighted by atomic mass is 16.5. The molecule has 5 heteroatoms. The predicted molar refractivity (Wildman–Crippen MR) is 123 cm³/mol. The van der Waals surface area contributed by atoms with Gasteiger partial charge in [-0.3, -0.25) is 9.69 Å². The molecule has 1 saturated heterocycles. The van der Waals surface area contributed by atoms with Crippen molar-refractivity contribution in [3.05, 3.63) is 53.1 Å². The summed E-state index contributed by atoms with van der Waals surface area (Å²) >= 11 is 0. The molecule has 0 unspecified atom stereocenters. The number of hydrogen-bond donors (Lipinski definition) is 0. The van der Waals surface area contributed by atoms with Crippen LogP contribution < -0.4 is 14.5 Å². The average Bonchev–Trinajstić information content (AvgIpc) is 2.79. The lowest BCUT2D eigenvalue weighted by Crippen LogP contribution is -2.48. The SMILES string of the molecule is COc1ccc(C)c2c1N(C(=O)c1ccc(N3CCN(C(C)C)CC3)cc1)CCC2. The van der Waals surface area contributed by atoms with Crippen molar-refractivity contribution >= 4 is 17.3 Å². The van der Waals surface area contributed by atoms with Crippen LogP contribution in [0.3, 0.4) is 0 Å². The van der Waals surface area contributed by atoms with E-state index in [2.05, 4.69) is 48.8 Å². The molecule has 0 atom stereocenters. The van der Waals surface area contributed by atoms with Crippen molar-refractivity contribution < 1.29 is 9.53 Å². The fourth-order valence-corrected chi connectivity index (χ4v) is 4.69. The second kappa shape index (κ2) is 8.68. The van der Waals surface area contributed by atoms with Gasteiger partial charge in [0.05, 0.1) is 12.8 Å². The van der Waals surface area contributed by atoms with Crippen LogP contribution >= 0.6 is 0 Å². The number of benzene rings is 2. The Hall–Kier alpha value is -2.53. The van der Waals surface area contributed by atoms with Gasteiger partial charge in [-0.15, -0.1) is 0 Å². The highest BCUT2D eigenvalue weighted by molar-refractivity contribution is 6.08. The number of aryl methyl sites for hydroxylation is 1. The van der Waals surface area contributed by atoms with E-state index in [4.69, 9.17) is 4.74 Å². The molecule has 30 heavy (non-hydrogen) atoms. The summed E-state index contributed by atoms with van der Waals surface area (Å²) < 4.78 is 5.60. The van der Waals surface area contributed by atoms with Gasteiger partial charge in [-0.05, 0) is 75.1 Å². The fraction of sp³-hybridized carbons (Fsp3) is 0.480. The molecule has 5 nitrogen and oxygen atoms in total. The number of fused-ring (bicyclic) bond motifs is 1. The number of nitrogens with zero attached hydrogens (tertiary/aromatic N) is 3. The van der Waals surface area contributed by atoms with Gasteiger partial charge in [-0.1, -0.05) is 6.07 Å². The number of anilines is 2. The second-order valence-corrected chi connectivity index (χ2v) is 8.64. The van der Waals surface area contributed by atoms with Crippen molar-refractivity contribution in [3.63, 3.8) is 0 Å². The predicted octanol–water partition coefficient (Wildman–Crippen LogP) is 4.13. The van der Waals surface area contributed by atoms with Crippen molar-refractivity contribution in [1.29, 1.82) is 0 Å². The smallest absolute Gasteiger partial charge is 0.258 e. The fourth-order valence-electron chi connectivity index (χ4n) is 4.69. The largest absolute Gasteiger partial charge is 0.495 e. The molecule has 1 amide bonds. The quantitative estimate of drug-likeness (QED) is 0.764. The van der Waals surface area contributed by atoms with Gasteiger partial charge in [0.15, 0.2) is 0 Å². The van der Waals surface area contributed by atoms with E-state index in [1.54, 1.807) is 7.11 Å². The van der Waals surface area contributed by atoms with E-state index >= 15 is 0 Å². The molecule has 0 aliphatic carbocycles. The number of carbonyl (C=O) groups excluding carboxylic acids is 1. The number of carbonyl (C=O) groups is 1. The first kappa shape index (κ1) is 20.7. The Balaban J connectivity index is 1.53. The van der Waals surface area contributed by atoms with Crippen LogP contribution in [0.25, 0.3) is 0 Å². The maximum atomic E-state index is 13.4. The van der Waals surface area contributed by atoms with E-state index in [9.17, 15) is 4.79 Å². The van der Waals surface area contributed by atoms with E-state index in [0.717, 1.165) is 62.6 Å². The van der Waals surface area contributed by atoms with Crippen LogP contribution in [-0.4, -0.2) is 56.7 Å². The molecule has 1 fully saturated rings. The summed E-state index contributed by atoms with van der Waals surface area (Å²) in [6.07, 6.45) is 1.97. The molecule has 0 N–H and O–H groups in total. The molecule has 0 spiro atoms. The third kappa shape index (κ3) is 3.91. The van der Waals surface area contributed by atoms with Crippen molar-refractivity contribution in [2.45, 2.75) is 39.7 Å². The molecular formula is C25H33N3O2. The van der Waals surface area contributed by atoms with Crippen molar-refractivity contribution in [3.8, 4) is 5.75 Å². The normalized spacial score (nSPS) is 17.2. The van der Waals surface area contributed by atoms with E-state index in [1.807, 2.05) is 23.1 Å². The van der Waals surface area contributed by atoms with Crippen LogP contribution in [-0.2, 0) is 6.42 Å². The first-order valence-electron chi connectivity index (χ1n) is 11.1. The summed E-state index contributed by atoms with van der Waals surface area (Å²) in [7, 11) is 1.68. The first-order chi connectivity index (χ1) is 14.5. The molecule has 0 bridgehead atoms. The molecule has 0 radical (unpaired) electrons. The summed E-state index contributed by atoms with van der Waals surface area (Å²) in [6, 6.07) is 12.8. The third-order valence-corrected chi connectivity index (χ3v) is 6.55.